The van der Waals surface area contributed by atoms with Crippen LogP contribution in [0.2, 0.25) is 10.0 Å². The van der Waals surface area contributed by atoms with Crippen molar-refractivity contribution in [3.63, 3.8) is 0 Å². The quantitative estimate of drug-likeness (QED) is 0.230. The Morgan fingerprint density at radius 3 is 2.57 bits per heavy atom. The van der Waals surface area contributed by atoms with Crippen molar-refractivity contribution >= 4 is 63.1 Å². The van der Waals surface area contributed by atoms with Crippen LogP contribution in [0.5, 0.6) is 0 Å². The van der Waals surface area contributed by atoms with Gasteiger partial charge in [-0.05, 0) is 53.9 Å². The van der Waals surface area contributed by atoms with Gasteiger partial charge in [0.2, 0.25) is 0 Å². The second kappa shape index (κ2) is 10.5. The van der Waals surface area contributed by atoms with E-state index in [4.69, 9.17) is 33.1 Å². The molecule has 0 saturated carbocycles. The van der Waals surface area contributed by atoms with Crippen molar-refractivity contribution in [1.82, 2.24) is 10.8 Å². The number of carbonyl (C=O) groups excluding carboxylic acids is 1. The summed E-state index contributed by atoms with van der Waals surface area (Å²) in [4.78, 5) is 17.4. The zero-order valence-corrected chi connectivity index (χ0v) is 18.1. The van der Waals surface area contributed by atoms with Crippen LogP contribution in [0.25, 0.3) is 0 Å². The Morgan fingerprint density at radius 2 is 1.96 bits per heavy atom. The third-order valence-corrected chi connectivity index (χ3v) is 4.93. The first-order valence-corrected chi connectivity index (χ1v) is 9.71. The highest BCUT2D eigenvalue weighted by atomic mass is 127. The first-order valence-electron chi connectivity index (χ1n) is 7.88. The van der Waals surface area contributed by atoms with Crippen molar-refractivity contribution in [1.29, 1.82) is 0 Å². The summed E-state index contributed by atoms with van der Waals surface area (Å²) < 4.78 is 29.3. The van der Waals surface area contributed by atoms with Gasteiger partial charge in [-0.3, -0.25) is 9.63 Å². The Kier molecular flexibility index (Phi) is 8.65. The Balaban J connectivity index is 2.31. The molecule has 0 heterocycles. The average Bonchev–Trinajstić information content (AvgIpc) is 2.67. The predicted molar refractivity (Wildman–Crippen MR) is 112 cm³/mol. The molecule has 28 heavy (non-hydrogen) atoms. The fourth-order valence-corrected chi connectivity index (χ4v) is 3.21. The van der Waals surface area contributed by atoms with Gasteiger partial charge in [0.25, 0.3) is 5.91 Å². The molecule has 0 fully saturated rings. The number of rotatable bonds is 8. The molecule has 1 unspecified atom stereocenters. The van der Waals surface area contributed by atoms with Crippen molar-refractivity contribution in [2.75, 3.05) is 25.6 Å². The van der Waals surface area contributed by atoms with Crippen molar-refractivity contribution in [3.05, 3.63) is 55.1 Å². The van der Waals surface area contributed by atoms with E-state index in [1.165, 1.54) is 0 Å². The summed E-state index contributed by atoms with van der Waals surface area (Å²) in [5.41, 5.74) is 1.65. The molecule has 0 aliphatic carbocycles. The van der Waals surface area contributed by atoms with Crippen molar-refractivity contribution < 1.29 is 23.5 Å². The molecule has 0 spiro atoms. The van der Waals surface area contributed by atoms with Crippen LogP contribution >= 0.6 is 45.8 Å². The lowest BCUT2D eigenvalue weighted by molar-refractivity contribution is 0.0164. The minimum Gasteiger partial charge on any atom is -0.395 e. The van der Waals surface area contributed by atoms with Gasteiger partial charge < -0.3 is 15.7 Å². The SMILES string of the molecule is CNC(CO)CONC(=O)c1cc(Cl)c(F)c(F)c1Nc1ccc(I)cc1Cl. The lowest BCUT2D eigenvalue weighted by Crippen LogP contribution is -2.37. The van der Waals surface area contributed by atoms with Crippen LogP contribution in [0.4, 0.5) is 20.2 Å². The Morgan fingerprint density at radius 1 is 1.25 bits per heavy atom. The Hall–Kier alpha value is -1.24. The molecule has 2 aromatic carbocycles. The maximum Gasteiger partial charge on any atom is 0.277 e. The number of anilines is 2. The van der Waals surface area contributed by atoms with Gasteiger partial charge in [-0.15, -0.1) is 0 Å². The summed E-state index contributed by atoms with van der Waals surface area (Å²) >= 11 is 13.9. The van der Waals surface area contributed by atoms with E-state index in [1.54, 1.807) is 25.2 Å². The second-order valence-electron chi connectivity index (χ2n) is 5.57. The molecule has 0 aliphatic rings. The molecule has 0 radical (unpaired) electrons. The van der Waals surface area contributed by atoms with Gasteiger partial charge in [-0.1, -0.05) is 23.2 Å². The molecule has 11 heteroatoms. The normalized spacial score (nSPS) is 12.0. The van der Waals surface area contributed by atoms with Gasteiger partial charge in [-0.25, -0.2) is 14.3 Å². The predicted octanol–water partition coefficient (Wildman–Crippen LogP) is 3.86. The van der Waals surface area contributed by atoms with E-state index in [0.717, 1.165) is 9.64 Å². The maximum atomic E-state index is 14.5. The molecule has 0 bridgehead atoms. The number of benzene rings is 2. The lowest BCUT2D eigenvalue weighted by atomic mass is 10.1. The summed E-state index contributed by atoms with van der Waals surface area (Å²) in [6.45, 7) is -0.274. The lowest BCUT2D eigenvalue weighted by Gasteiger charge is -2.17. The van der Waals surface area contributed by atoms with Gasteiger partial charge in [0, 0.05) is 3.57 Å². The number of hydrogen-bond donors (Lipinski definition) is 4. The first-order chi connectivity index (χ1) is 13.3. The summed E-state index contributed by atoms with van der Waals surface area (Å²) in [6.07, 6.45) is 0. The van der Waals surface area contributed by atoms with E-state index in [0.29, 0.717) is 0 Å². The number of hydrogen-bond acceptors (Lipinski definition) is 5. The molecule has 152 valence electrons. The van der Waals surface area contributed by atoms with Gasteiger partial charge >= 0.3 is 0 Å². The van der Waals surface area contributed by atoms with Gasteiger partial charge in [0.15, 0.2) is 11.6 Å². The van der Waals surface area contributed by atoms with Crippen LogP contribution in [0.15, 0.2) is 24.3 Å². The van der Waals surface area contributed by atoms with Crippen LogP contribution < -0.4 is 16.1 Å². The third kappa shape index (κ3) is 5.65. The van der Waals surface area contributed by atoms with E-state index < -0.39 is 34.3 Å². The molecule has 6 nitrogen and oxygen atoms in total. The van der Waals surface area contributed by atoms with Crippen LogP contribution in [0, 0.1) is 15.2 Å². The minimum atomic E-state index is -1.34. The monoisotopic (exact) mass is 545 g/mol. The highest BCUT2D eigenvalue weighted by Crippen LogP contribution is 2.33. The number of amides is 1. The topological polar surface area (TPSA) is 82.6 Å². The molecular weight excluding hydrogens is 530 g/mol. The molecule has 2 aromatic rings. The molecule has 0 aliphatic heterocycles. The highest BCUT2D eigenvalue weighted by Gasteiger charge is 2.23. The number of aliphatic hydroxyl groups excluding tert-OH is 1. The fourth-order valence-electron chi connectivity index (χ4n) is 2.11. The standard InChI is InChI=1S/C17H16Cl2F2IN3O3/c1-23-9(6-26)7-28-25-17(27)10-5-12(19)14(20)15(21)16(10)24-13-3-2-8(22)4-11(13)18/h2-5,9,23-24,26H,6-7H2,1H3,(H,25,27). The van der Waals surface area contributed by atoms with E-state index in [2.05, 4.69) is 16.1 Å². The van der Waals surface area contributed by atoms with Crippen molar-refractivity contribution in [2.45, 2.75) is 6.04 Å². The number of nitrogens with one attached hydrogen (secondary N) is 3. The smallest absolute Gasteiger partial charge is 0.277 e. The van der Waals surface area contributed by atoms with Crippen LogP contribution in [-0.2, 0) is 4.84 Å². The second-order valence-corrected chi connectivity index (χ2v) is 7.63. The third-order valence-electron chi connectivity index (χ3n) is 3.68. The minimum absolute atomic E-state index is 0.0537. The molecular formula is C17H16Cl2F2IN3O3. The van der Waals surface area contributed by atoms with Crippen LogP contribution in [0.1, 0.15) is 10.4 Å². The molecule has 1 amide bonds. The van der Waals surface area contributed by atoms with Gasteiger partial charge in [-0.2, -0.15) is 0 Å². The van der Waals surface area contributed by atoms with E-state index in [1.807, 2.05) is 22.6 Å². The highest BCUT2D eigenvalue weighted by molar-refractivity contribution is 14.1. The Bertz CT molecular complexity index is 870. The number of halogens is 5. The molecule has 2 rings (SSSR count). The van der Waals surface area contributed by atoms with E-state index >= 15 is 0 Å². The number of likely N-dealkylation sites (N-methyl/N-ethyl adjacent to an activating group) is 1. The van der Waals surface area contributed by atoms with Gasteiger partial charge in [0.05, 0.1) is 46.2 Å². The number of aliphatic hydroxyl groups is 1. The van der Waals surface area contributed by atoms with Crippen LogP contribution in [-0.4, -0.2) is 37.3 Å². The number of carbonyl (C=O) groups is 1. The zero-order valence-electron chi connectivity index (χ0n) is 14.5. The Labute approximate surface area is 183 Å². The zero-order chi connectivity index (χ0) is 20.8. The average molecular weight is 546 g/mol. The van der Waals surface area contributed by atoms with Crippen LogP contribution in [0.3, 0.4) is 0 Å². The summed E-state index contributed by atoms with van der Waals surface area (Å²) in [7, 11) is 1.61. The van der Waals surface area contributed by atoms with Crippen molar-refractivity contribution in [3.8, 4) is 0 Å². The molecule has 1 atom stereocenters. The van der Waals surface area contributed by atoms with Gasteiger partial charge in [0.1, 0.15) is 0 Å². The van der Waals surface area contributed by atoms with E-state index in [-0.39, 0.29) is 29.5 Å². The largest absolute Gasteiger partial charge is 0.395 e. The van der Waals surface area contributed by atoms with Crippen molar-refractivity contribution in [2.24, 2.45) is 0 Å². The summed E-state index contributed by atoms with van der Waals surface area (Å²) in [5, 5.41) is 14.2. The first kappa shape index (κ1) is 23.0. The molecule has 4 N–H and O–H groups in total. The summed E-state index contributed by atoms with van der Waals surface area (Å²) in [5.74, 6) is -3.51. The van der Waals surface area contributed by atoms with E-state index in [9.17, 15) is 13.6 Å². The molecule has 0 aromatic heterocycles. The number of hydroxylamine groups is 1. The molecule has 0 saturated heterocycles. The summed E-state index contributed by atoms with van der Waals surface area (Å²) in [6, 6.07) is 5.44. The maximum absolute atomic E-state index is 14.5. The fraction of sp³-hybridized carbons (Fsp3) is 0.235.